The van der Waals surface area contributed by atoms with Crippen LogP contribution in [0.2, 0.25) is 0 Å². The highest BCUT2D eigenvalue weighted by molar-refractivity contribution is 9.10. The molecule has 0 amide bonds. The summed E-state index contributed by atoms with van der Waals surface area (Å²) < 4.78 is 19.0. The minimum absolute atomic E-state index is 0.330. The zero-order valence-corrected chi connectivity index (χ0v) is 13.7. The molecule has 0 aliphatic rings. The maximum absolute atomic E-state index is 5.69. The van der Waals surface area contributed by atoms with Crippen molar-refractivity contribution in [1.29, 1.82) is 0 Å². The van der Waals surface area contributed by atoms with Crippen LogP contribution in [0, 0.1) is 0 Å². The van der Waals surface area contributed by atoms with E-state index in [1.54, 1.807) is 13.3 Å². The zero-order valence-electron chi connectivity index (χ0n) is 12.1. The van der Waals surface area contributed by atoms with Gasteiger partial charge in [0.05, 0.1) is 29.5 Å². The highest BCUT2D eigenvalue weighted by atomic mass is 79.9. The molecule has 0 bridgehead atoms. The molecular formula is C12H23BrN4O3. The normalized spacial score (nSPS) is 13.1. The SMILES string of the molecule is CCOC(OCC)C(NN)c1c(Br)cnn1CCOC. The number of hydrazine groups is 1. The van der Waals surface area contributed by atoms with Crippen molar-refractivity contribution in [2.24, 2.45) is 5.84 Å². The third kappa shape index (κ3) is 4.51. The molecule has 116 valence electrons. The number of nitrogens with one attached hydrogen (secondary N) is 1. The van der Waals surface area contributed by atoms with Gasteiger partial charge in [0.15, 0.2) is 6.29 Å². The number of rotatable bonds is 10. The van der Waals surface area contributed by atoms with E-state index < -0.39 is 6.29 Å². The molecule has 1 heterocycles. The summed E-state index contributed by atoms with van der Waals surface area (Å²) in [5, 5.41) is 4.31. The first kappa shape index (κ1) is 17.5. The summed E-state index contributed by atoms with van der Waals surface area (Å²) in [6.07, 6.45) is 1.24. The summed E-state index contributed by atoms with van der Waals surface area (Å²) in [5.74, 6) is 5.69. The lowest BCUT2D eigenvalue weighted by molar-refractivity contribution is -0.156. The van der Waals surface area contributed by atoms with E-state index in [9.17, 15) is 0 Å². The van der Waals surface area contributed by atoms with E-state index in [2.05, 4.69) is 26.5 Å². The van der Waals surface area contributed by atoms with E-state index in [0.29, 0.717) is 26.4 Å². The first-order valence-corrected chi connectivity index (χ1v) is 7.38. The molecule has 0 aliphatic carbocycles. The molecule has 0 aromatic carbocycles. The van der Waals surface area contributed by atoms with Crippen molar-refractivity contribution in [3.05, 3.63) is 16.4 Å². The van der Waals surface area contributed by atoms with Crippen molar-refractivity contribution in [3.8, 4) is 0 Å². The third-order valence-corrected chi connectivity index (χ3v) is 3.36. The molecule has 1 rings (SSSR count). The van der Waals surface area contributed by atoms with Crippen molar-refractivity contribution in [3.63, 3.8) is 0 Å². The number of aromatic nitrogens is 2. The first-order chi connectivity index (χ1) is 9.69. The van der Waals surface area contributed by atoms with Crippen LogP contribution in [0.25, 0.3) is 0 Å². The fourth-order valence-electron chi connectivity index (χ4n) is 1.89. The van der Waals surface area contributed by atoms with Crippen LogP contribution in [0.1, 0.15) is 25.6 Å². The van der Waals surface area contributed by atoms with Gasteiger partial charge in [-0.25, -0.2) is 5.43 Å². The Morgan fingerprint density at radius 3 is 2.55 bits per heavy atom. The molecule has 7 nitrogen and oxygen atoms in total. The van der Waals surface area contributed by atoms with Gasteiger partial charge in [-0.1, -0.05) is 0 Å². The lowest BCUT2D eigenvalue weighted by Gasteiger charge is -2.27. The summed E-state index contributed by atoms with van der Waals surface area (Å²) in [7, 11) is 1.65. The summed E-state index contributed by atoms with van der Waals surface area (Å²) in [4.78, 5) is 0. The standard InChI is InChI=1S/C12H23BrN4O3/c1-4-19-12(20-5-2)10(16-14)11-9(13)8-15-17(11)6-7-18-3/h8,10,12,16H,4-7,14H2,1-3H3. The molecule has 0 saturated carbocycles. The summed E-state index contributed by atoms with van der Waals surface area (Å²) in [6, 6.07) is -0.330. The Labute approximate surface area is 127 Å². The fraction of sp³-hybridized carbons (Fsp3) is 0.750. The average molecular weight is 351 g/mol. The van der Waals surface area contributed by atoms with Gasteiger partial charge >= 0.3 is 0 Å². The van der Waals surface area contributed by atoms with E-state index in [0.717, 1.165) is 10.2 Å². The molecular weight excluding hydrogens is 328 g/mol. The van der Waals surface area contributed by atoms with Gasteiger partial charge in [0, 0.05) is 20.3 Å². The molecule has 0 aliphatic heterocycles. The number of hydrogen-bond acceptors (Lipinski definition) is 6. The average Bonchev–Trinajstić information content (AvgIpc) is 2.80. The Kier molecular flexibility index (Phi) is 8.27. The summed E-state index contributed by atoms with van der Waals surface area (Å²) in [6.45, 7) is 6.08. The smallest absolute Gasteiger partial charge is 0.179 e. The van der Waals surface area contributed by atoms with Crippen LogP contribution in [-0.4, -0.2) is 43.0 Å². The number of halogens is 1. The first-order valence-electron chi connectivity index (χ1n) is 6.58. The van der Waals surface area contributed by atoms with Crippen molar-refractivity contribution in [2.75, 3.05) is 26.9 Å². The van der Waals surface area contributed by atoms with E-state index in [1.165, 1.54) is 0 Å². The van der Waals surface area contributed by atoms with Crippen LogP contribution in [0.15, 0.2) is 10.7 Å². The second-order valence-electron chi connectivity index (χ2n) is 4.02. The van der Waals surface area contributed by atoms with Crippen LogP contribution < -0.4 is 11.3 Å². The number of nitrogens with zero attached hydrogens (tertiary/aromatic N) is 2. The number of nitrogens with two attached hydrogens (primary N) is 1. The minimum atomic E-state index is -0.482. The Bertz CT molecular complexity index is 383. The van der Waals surface area contributed by atoms with Gasteiger partial charge in [0.25, 0.3) is 0 Å². The van der Waals surface area contributed by atoms with Gasteiger partial charge < -0.3 is 14.2 Å². The summed E-state index contributed by atoms with van der Waals surface area (Å²) in [5.41, 5.74) is 3.62. The third-order valence-electron chi connectivity index (χ3n) is 2.75. The number of ether oxygens (including phenoxy) is 3. The minimum Gasteiger partial charge on any atom is -0.383 e. The topological polar surface area (TPSA) is 83.6 Å². The molecule has 1 aromatic rings. The van der Waals surface area contributed by atoms with Crippen LogP contribution in [0.3, 0.4) is 0 Å². The predicted octanol–water partition coefficient (Wildman–Crippen LogP) is 1.20. The Morgan fingerprint density at radius 1 is 1.40 bits per heavy atom. The molecule has 1 aromatic heterocycles. The van der Waals surface area contributed by atoms with Crippen LogP contribution in [-0.2, 0) is 20.8 Å². The monoisotopic (exact) mass is 350 g/mol. The van der Waals surface area contributed by atoms with Gasteiger partial charge in [-0.15, -0.1) is 0 Å². The zero-order chi connectivity index (χ0) is 15.0. The van der Waals surface area contributed by atoms with Gasteiger partial charge in [0.1, 0.15) is 6.04 Å². The van der Waals surface area contributed by atoms with Crippen molar-refractivity contribution >= 4 is 15.9 Å². The van der Waals surface area contributed by atoms with Crippen molar-refractivity contribution in [1.82, 2.24) is 15.2 Å². The second kappa shape index (κ2) is 9.43. The fourth-order valence-corrected chi connectivity index (χ4v) is 2.44. The van der Waals surface area contributed by atoms with E-state index >= 15 is 0 Å². The maximum Gasteiger partial charge on any atom is 0.179 e. The maximum atomic E-state index is 5.69. The van der Waals surface area contributed by atoms with Crippen LogP contribution in [0.5, 0.6) is 0 Å². The Balaban J connectivity index is 2.99. The second-order valence-corrected chi connectivity index (χ2v) is 4.87. The Morgan fingerprint density at radius 2 is 2.05 bits per heavy atom. The molecule has 1 unspecified atom stereocenters. The number of methoxy groups -OCH3 is 1. The molecule has 0 radical (unpaired) electrons. The lowest BCUT2D eigenvalue weighted by Crippen LogP contribution is -2.41. The molecule has 8 heteroatoms. The van der Waals surface area contributed by atoms with E-state index in [1.807, 2.05) is 18.5 Å². The summed E-state index contributed by atoms with van der Waals surface area (Å²) >= 11 is 3.49. The predicted molar refractivity (Wildman–Crippen MR) is 78.9 cm³/mol. The molecule has 1 atom stereocenters. The van der Waals surface area contributed by atoms with Gasteiger partial charge in [-0.05, 0) is 29.8 Å². The quantitative estimate of drug-likeness (QED) is 0.374. The van der Waals surface area contributed by atoms with Crippen LogP contribution >= 0.6 is 15.9 Å². The highest BCUT2D eigenvalue weighted by Crippen LogP contribution is 2.27. The van der Waals surface area contributed by atoms with Crippen LogP contribution in [0.4, 0.5) is 0 Å². The van der Waals surface area contributed by atoms with Gasteiger partial charge in [-0.2, -0.15) is 5.10 Å². The lowest BCUT2D eigenvalue weighted by atomic mass is 10.2. The van der Waals surface area contributed by atoms with E-state index in [-0.39, 0.29) is 6.04 Å². The molecule has 0 saturated heterocycles. The van der Waals surface area contributed by atoms with E-state index in [4.69, 9.17) is 20.1 Å². The molecule has 20 heavy (non-hydrogen) atoms. The molecule has 0 fully saturated rings. The van der Waals surface area contributed by atoms with Crippen molar-refractivity contribution in [2.45, 2.75) is 32.7 Å². The highest BCUT2D eigenvalue weighted by Gasteiger charge is 2.28. The largest absolute Gasteiger partial charge is 0.383 e. The molecule has 0 spiro atoms. The van der Waals surface area contributed by atoms with Gasteiger partial charge in [-0.3, -0.25) is 10.5 Å². The van der Waals surface area contributed by atoms with Gasteiger partial charge in [0.2, 0.25) is 0 Å². The number of hydrogen-bond donors (Lipinski definition) is 2. The Hall–Kier alpha value is -0.510. The van der Waals surface area contributed by atoms with Crippen molar-refractivity contribution < 1.29 is 14.2 Å². The molecule has 3 N–H and O–H groups in total.